The smallest absolute Gasteiger partial charge is 0.123 e. The maximum atomic E-state index is 14.0. The molecular weight excluding hydrogens is 815 g/mol. The first-order chi connectivity index (χ1) is 32.2. The van der Waals surface area contributed by atoms with Gasteiger partial charge in [-0.15, -0.1) is 0 Å². The van der Waals surface area contributed by atoms with Gasteiger partial charge in [0.1, 0.15) is 11.6 Å². The van der Waals surface area contributed by atoms with Gasteiger partial charge in [-0.25, -0.2) is 8.78 Å². The fraction of sp³-hybridized carbons (Fsp3) is 0. The van der Waals surface area contributed by atoms with E-state index in [0.29, 0.717) is 16.8 Å². The molecule has 9 aromatic rings. The van der Waals surface area contributed by atoms with Crippen molar-refractivity contribution in [1.82, 2.24) is 9.13 Å². The van der Waals surface area contributed by atoms with Crippen LogP contribution >= 0.6 is 0 Å². The lowest BCUT2D eigenvalue weighted by molar-refractivity contribution is 0.627. The number of nitrogens with zero attached hydrogens (tertiary/aromatic N) is 4. The predicted octanol–water partition coefficient (Wildman–Crippen LogP) is 16.3. The molecule has 0 radical (unpaired) electrons. The molecule has 0 unspecified atom stereocenters. The molecule has 0 aliphatic heterocycles. The summed E-state index contributed by atoms with van der Waals surface area (Å²) in [7, 11) is 0. The maximum Gasteiger partial charge on any atom is 0.123 e. The molecule has 0 N–H and O–H groups in total. The zero-order valence-corrected chi connectivity index (χ0v) is 36.4. The molecule has 0 bridgehead atoms. The zero-order chi connectivity index (χ0) is 45.7. The van der Waals surface area contributed by atoms with Crippen LogP contribution < -0.4 is 9.80 Å². The van der Waals surface area contributed by atoms with E-state index < -0.39 is 0 Å². The molecular formula is C60H46F2N4. The third-order valence-electron chi connectivity index (χ3n) is 11.6. The monoisotopic (exact) mass is 860 g/mol. The largest absolute Gasteiger partial charge is 0.318 e. The first-order valence-corrected chi connectivity index (χ1v) is 21.5. The van der Waals surface area contributed by atoms with Crippen LogP contribution in [0, 0.1) is 11.6 Å². The number of anilines is 3. The molecule has 0 aliphatic rings. The summed E-state index contributed by atoms with van der Waals surface area (Å²) in [6, 6.07) is 52.5. The van der Waals surface area contributed by atoms with Gasteiger partial charge in [-0.1, -0.05) is 118 Å². The Bertz CT molecular complexity index is 3470. The Kier molecular flexibility index (Phi) is 12.0. The van der Waals surface area contributed by atoms with Gasteiger partial charge in [0.25, 0.3) is 0 Å². The van der Waals surface area contributed by atoms with Gasteiger partial charge >= 0.3 is 0 Å². The van der Waals surface area contributed by atoms with Crippen LogP contribution in [0.5, 0.6) is 0 Å². The Labute approximate surface area is 383 Å². The van der Waals surface area contributed by atoms with Crippen molar-refractivity contribution in [2.75, 3.05) is 9.80 Å². The molecule has 2 heterocycles. The summed E-state index contributed by atoms with van der Waals surface area (Å²) in [6.07, 6.45) is 17.1. The molecule has 320 valence electrons. The van der Waals surface area contributed by atoms with Crippen molar-refractivity contribution < 1.29 is 8.78 Å². The molecule has 0 atom stereocenters. The minimum absolute atomic E-state index is 0.275. The number of hydrogen-bond donors (Lipinski definition) is 0. The highest BCUT2D eigenvalue weighted by Crippen LogP contribution is 2.39. The fourth-order valence-corrected chi connectivity index (χ4v) is 8.39. The zero-order valence-electron chi connectivity index (χ0n) is 36.4. The van der Waals surface area contributed by atoms with Gasteiger partial charge < -0.3 is 18.9 Å². The second kappa shape index (κ2) is 18.5. The van der Waals surface area contributed by atoms with Crippen molar-refractivity contribution in [3.8, 4) is 11.4 Å². The van der Waals surface area contributed by atoms with Crippen molar-refractivity contribution in [2.24, 2.45) is 0 Å². The van der Waals surface area contributed by atoms with Crippen LogP contribution in [0.3, 0.4) is 0 Å². The quantitative estimate of drug-likeness (QED) is 0.0955. The summed E-state index contributed by atoms with van der Waals surface area (Å²) in [5, 5.41) is 4.27. The third-order valence-corrected chi connectivity index (χ3v) is 11.6. The average molecular weight is 861 g/mol. The van der Waals surface area contributed by atoms with Crippen LogP contribution in [-0.2, 0) is 0 Å². The van der Waals surface area contributed by atoms with E-state index in [1.54, 1.807) is 30.3 Å². The van der Waals surface area contributed by atoms with Crippen LogP contribution in [-0.4, -0.2) is 9.13 Å². The van der Waals surface area contributed by atoms with E-state index in [0.717, 1.165) is 77.7 Å². The second-order valence-electron chi connectivity index (χ2n) is 15.8. The van der Waals surface area contributed by atoms with Crippen molar-refractivity contribution in [3.63, 3.8) is 0 Å². The Morgan fingerprint density at radius 3 is 1.44 bits per heavy atom. The lowest BCUT2D eigenvalue weighted by atomic mass is 10.1. The van der Waals surface area contributed by atoms with Crippen LogP contribution in [0.15, 0.2) is 274 Å². The number of halogens is 2. The SMILES string of the molecule is C=CC=CC=CN(C(=C)C=CC(=C)C(=C)C=CC(=C)N(c1ccccc1)c1ccc2c(c1)c1ccccc1n2-c1ccc(F)cc1)c1ccc2c(c1)c1ccccc1n2-c1ccc(F)cc1. The average Bonchev–Trinajstić information content (AvgIpc) is 3.85. The van der Waals surface area contributed by atoms with Gasteiger partial charge in [-0.2, -0.15) is 0 Å². The summed E-state index contributed by atoms with van der Waals surface area (Å²) in [5.41, 5.74) is 11.5. The highest BCUT2D eigenvalue weighted by Gasteiger charge is 2.18. The van der Waals surface area contributed by atoms with Gasteiger partial charge in [0.05, 0.1) is 22.1 Å². The predicted molar refractivity (Wildman–Crippen MR) is 276 cm³/mol. The number of hydrogen-bond acceptors (Lipinski definition) is 2. The van der Waals surface area contributed by atoms with E-state index >= 15 is 0 Å². The molecule has 6 heteroatoms. The molecule has 66 heavy (non-hydrogen) atoms. The molecule has 0 saturated carbocycles. The lowest BCUT2D eigenvalue weighted by Gasteiger charge is -2.26. The molecule has 0 saturated heterocycles. The van der Waals surface area contributed by atoms with Crippen LogP contribution in [0.2, 0.25) is 0 Å². The summed E-state index contributed by atoms with van der Waals surface area (Å²) in [4.78, 5) is 4.14. The minimum atomic E-state index is -0.278. The first-order valence-electron chi connectivity index (χ1n) is 21.5. The summed E-state index contributed by atoms with van der Waals surface area (Å²) in [6.45, 7) is 21.5. The van der Waals surface area contributed by atoms with Crippen LogP contribution in [0.1, 0.15) is 0 Å². The Hall–Kier alpha value is -8.74. The van der Waals surface area contributed by atoms with Crippen LogP contribution in [0.25, 0.3) is 55.0 Å². The van der Waals surface area contributed by atoms with E-state index in [9.17, 15) is 8.78 Å². The molecule has 2 aromatic heterocycles. The standard InChI is InChI=1S/C60H46F2N4/c1-6-7-8-16-39-63(51-35-37-59-55(40-51)53-19-12-14-21-57(53)65(59)49-31-27-46(61)28-32-49)44(4)25-23-42(2)43(3)24-26-45(5)64(48-17-10-9-11-18-48)52-36-38-60-56(41-52)54-20-13-15-22-58(54)66(60)50-33-29-47(62)30-34-50/h6-41H,1-5H2. The number of allylic oxidation sites excluding steroid dienone is 10. The molecule has 4 nitrogen and oxygen atoms in total. The van der Waals surface area contributed by atoms with Crippen molar-refractivity contribution in [3.05, 3.63) is 286 Å². The number of para-hydroxylation sites is 3. The molecule has 0 aliphatic carbocycles. The van der Waals surface area contributed by atoms with Crippen LogP contribution in [0.4, 0.5) is 25.8 Å². The van der Waals surface area contributed by atoms with Gasteiger partial charge in [-0.3, -0.25) is 0 Å². The fourth-order valence-electron chi connectivity index (χ4n) is 8.39. The van der Waals surface area contributed by atoms with Gasteiger partial charge in [-0.05, 0) is 139 Å². The maximum absolute atomic E-state index is 14.0. The van der Waals surface area contributed by atoms with Crippen molar-refractivity contribution >= 4 is 60.7 Å². The van der Waals surface area contributed by atoms with E-state index in [2.05, 4.69) is 120 Å². The normalized spacial score (nSPS) is 11.8. The number of aromatic nitrogens is 2. The molecule has 0 amide bonds. The highest BCUT2D eigenvalue weighted by molar-refractivity contribution is 6.11. The van der Waals surface area contributed by atoms with Gasteiger partial charge in [0.2, 0.25) is 0 Å². The summed E-state index contributed by atoms with van der Waals surface area (Å²) >= 11 is 0. The number of rotatable bonds is 15. The molecule has 0 spiro atoms. The molecule has 7 aromatic carbocycles. The molecule has 9 rings (SSSR count). The van der Waals surface area contributed by atoms with E-state index in [1.165, 1.54) is 24.3 Å². The minimum Gasteiger partial charge on any atom is -0.318 e. The third kappa shape index (κ3) is 8.39. The van der Waals surface area contributed by atoms with E-state index in [1.807, 2.05) is 96.1 Å². The van der Waals surface area contributed by atoms with Gasteiger partial charge in [0.15, 0.2) is 0 Å². The molecule has 0 fully saturated rings. The topological polar surface area (TPSA) is 16.3 Å². The van der Waals surface area contributed by atoms with Gasteiger partial charge in [0, 0.05) is 67.6 Å². The first kappa shape index (κ1) is 42.6. The Morgan fingerprint density at radius 1 is 0.424 bits per heavy atom. The Morgan fingerprint density at radius 2 is 0.894 bits per heavy atom. The number of fused-ring (bicyclic) bond motifs is 6. The van der Waals surface area contributed by atoms with E-state index in [4.69, 9.17) is 0 Å². The lowest BCUT2D eigenvalue weighted by Crippen LogP contribution is -2.14. The van der Waals surface area contributed by atoms with Crippen molar-refractivity contribution in [2.45, 2.75) is 0 Å². The highest BCUT2D eigenvalue weighted by atomic mass is 19.1. The van der Waals surface area contributed by atoms with E-state index in [-0.39, 0.29) is 11.6 Å². The summed E-state index contributed by atoms with van der Waals surface area (Å²) < 4.78 is 32.2. The second-order valence-corrected chi connectivity index (χ2v) is 15.8. The van der Waals surface area contributed by atoms with Crippen molar-refractivity contribution in [1.29, 1.82) is 0 Å². The Balaban J connectivity index is 0.987. The number of benzene rings is 7. The summed E-state index contributed by atoms with van der Waals surface area (Å²) in [5.74, 6) is -0.552.